The van der Waals surface area contributed by atoms with Crippen molar-refractivity contribution in [3.8, 4) is 0 Å². The van der Waals surface area contributed by atoms with Gasteiger partial charge in [-0.3, -0.25) is 9.69 Å². The zero-order valence-corrected chi connectivity index (χ0v) is 10.9. The van der Waals surface area contributed by atoms with E-state index in [1.165, 1.54) is 45.9 Å². The minimum Gasteiger partial charge on any atom is -0.469 e. The molecule has 4 nitrogen and oxygen atoms in total. The zero-order valence-electron chi connectivity index (χ0n) is 10.9. The molecule has 1 aliphatic carbocycles. The van der Waals surface area contributed by atoms with Crippen LogP contribution < -0.4 is 0 Å². The maximum Gasteiger partial charge on any atom is 0.306 e. The number of rotatable bonds is 4. The fourth-order valence-electron chi connectivity index (χ4n) is 2.97. The molecule has 0 aromatic carbocycles. The molecule has 1 aliphatic heterocycles. The molecule has 0 spiro atoms. The van der Waals surface area contributed by atoms with Crippen LogP contribution in [0.15, 0.2) is 0 Å². The fraction of sp³-hybridized carbons (Fsp3) is 0.923. The van der Waals surface area contributed by atoms with Crippen molar-refractivity contribution in [2.24, 2.45) is 0 Å². The molecular weight excluding hydrogens is 216 g/mol. The maximum atomic E-state index is 11.1. The summed E-state index contributed by atoms with van der Waals surface area (Å²) in [5, 5.41) is 0. The molecule has 0 unspecified atom stereocenters. The van der Waals surface area contributed by atoms with Gasteiger partial charge >= 0.3 is 5.97 Å². The molecule has 1 saturated heterocycles. The number of carbonyl (C=O) groups is 1. The fourth-order valence-corrected chi connectivity index (χ4v) is 2.97. The first-order chi connectivity index (χ1) is 8.29. The van der Waals surface area contributed by atoms with Crippen LogP contribution in [0.1, 0.15) is 32.1 Å². The van der Waals surface area contributed by atoms with E-state index in [1.54, 1.807) is 0 Å². The smallest absolute Gasteiger partial charge is 0.306 e. The van der Waals surface area contributed by atoms with Gasteiger partial charge in [-0.1, -0.05) is 12.8 Å². The second-order valence-corrected chi connectivity index (χ2v) is 5.14. The van der Waals surface area contributed by atoms with Crippen molar-refractivity contribution in [2.45, 2.75) is 38.1 Å². The molecule has 98 valence electrons. The van der Waals surface area contributed by atoms with E-state index in [0.717, 1.165) is 25.7 Å². The summed E-state index contributed by atoms with van der Waals surface area (Å²) in [6.45, 7) is 5.41. The first-order valence-electron chi connectivity index (χ1n) is 6.83. The van der Waals surface area contributed by atoms with Crippen LogP contribution in [0.4, 0.5) is 0 Å². The molecule has 0 N–H and O–H groups in total. The van der Waals surface area contributed by atoms with Gasteiger partial charge in [-0.05, 0) is 12.8 Å². The quantitative estimate of drug-likeness (QED) is 0.689. The van der Waals surface area contributed by atoms with Gasteiger partial charge in [-0.2, -0.15) is 0 Å². The summed E-state index contributed by atoms with van der Waals surface area (Å²) in [4.78, 5) is 16.1. The predicted octanol–water partition coefficient (Wildman–Crippen LogP) is 1.11. The molecule has 2 rings (SSSR count). The minimum atomic E-state index is -0.0942. The summed E-state index contributed by atoms with van der Waals surface area (Å²) in [6.07, 6.45) is 6.13. The monoisotopic (exact) mass is 240 g/mol. The molecule has 17 heavy (non-hydrogen) atoms. The summed E-state index contributed by atoms with van der Waals surface area (Å²) >= 11 is 0. The second kappa shape index (κ2) is 6.36. The molecule has 2 aliphatic rings. The van der Waals surface area contributed by atoms with Crippen LogP contribution in [0.25, 0.3) is 0 Å². The van der Waals surface area contributed by atoms with Crippen molar-refractivity contribution in [2.75, 3.05) is 39.8 Å². The van der Waals surface area contributed by atoms with Gasteiger partial charge in [0.15, 0.2) is 0 Å². The number of carbonyl (C=O) groups excluding carboxylic acids is 1. The van der Waals surface area contributed by atoms with E-state index in [-0.39, 0.29) is 5.97 Å². The Kier molecular flexibility index (Phi) is 4.80. The maximum absolute atomic E-state index is 11.1. The molecule has 0 amide bonds. The topological polar surface area (TPSA) is 32.8 Å². The molecule has 4 heteroatoms. The predicted molar refractivity (Wildman–Crippen MR) is 66.9 cm³/mol. The van der Waals surface area contributed by atoms with Crippen LogP contribution in [-0.2, 0) is 9.53 Å². The van der Waals surface area contributed by atoms with Gasteiger partial charge in [0.1, 0.15) is 0 Å². The summed E-state index contributed by atoms with van der Waals surface area (Å²) in [5.41, 5.74) is 0. The Morgan fingerprint density at radius 2 is 1.82 bits per heavy atom. The van der Waals surface area contributed by atoms with Crippen LogP contribution in [0, 0.1) is 0 Å². The standard InChI is InChI=1S/C13H24N2O2/c1-17-13(16)6-7-14-8-10-15(11-9-14)12-4-2-3-5-12/h12H,2-11H2,1H3. The first kappa shape index (κ1) is 12.8. The number of nitrogens with zero attached hydrogens (tertiary/aromatic N) is 2. The molecule has 0 bridgehead atoms. The van der Waals surface area contributed by atoms with E-state index in [1.807, 2.05) is 0 Å². The Morgan fingerprint density at radius 1 is 1.18 bits per heavy atom. The van der Waals surface area contributed by atoms with E-state index < -0.39 is 0 Å². The van der Waals surface area contributed by atoms with E-state index >= 15 is 0 Å². The molecule has 1 heterocycles. The first-order valence-corrected chi connectivity index (χ1v) is 6.83. The van der Waals surface area contributed by atoms with Crippen LogP contribution in [0.2, 0.25) is 0 Å². The van der Waals surface area contributed by atoms with Crippen LogP contribution in [0.5, 0.6) is 0 Å². The molecule has 2 fully saturated rings. The average Bonchev–Trinajstić information content (AvgIpc) is 2.90. The van der Waals surface area contributed by atoms with Crippen molar-refractivity contribution >= 4 is 5.97 Å². The highest BCUT2D eigenvalue weighted by Gasteiger charge is 2.25. The lowest BCUT2D eigenvalue weighted by Gasteiger charge is -2.37. The van der Waals surface area contributed by atoms with Crippen molar-refractivity contribution in [3.63, 3.8) is 0 Å². The van der Waals surface area contributed by atoms with Crippen LogP contribution in [-0.4, -0.2) is 61.6 Å². The van der Waals surface area contributed by atoms with Gasteiger partial charge in [0.25, 0.3) is 0 Å². The zero-order chi connectivity index (χ0) is 12.1. The van der Waals surface area contributed by atoms with Gasteiger partial charge in [0, 0.05) is 38.8 Å². The number of hydrogen-bond acceptors (Lipinski definition) is 4. The lowest BCUT2D eigenvalue weighted by atomic mass is 10.2. The number of esters is 1. The van der Waals surface area contributed by atoms with E-state index in [4.69, 9.17) is 0 Å². The number of ether oxygens (including phenoxy) is 1. The Bertz CT molecular complexity index is 244. The highest BCUT2D eigenvalue weighted by Crippen LogP contribution is 2.24. The van der Waals surface area contributed by atoms with Gasteiger partial charge in [-0.25, -0.2) is 0 Å². The lowest BCUT2D eigenvalue weighted by Crippen LogP contribution is -2.49. The molecule has 1 saturated carbocycles. The number of hydrogen-bond donors (Lipinski definition) is 0. The highest BCUT2D eigenvalue weighted by atomic mass is 16.5. The SMILES string of the molecule is COC(=O)CCN1CCN(C2CCCC2)CC1. The van der Waals surface area contributed by atoms with Crippen molar-refractivity contribution in [1.29, 1.82) is 0 Å². The Morgan fingerprint density at radius 3 is 2.41 bits per heavy atom. The third-order valence-electron chi connectivity index (χ3n) is 4.11. The highest BCUT2D eigenvalue weighted by molar-refractivity contribution is 5.69. The van der Waals surface area contributed by atoms with Crippen LogP contribution >= 0.6 is 0 Å². The lowest BCUT2D eigenvalue weighted by molar-refractivity contribution is -0.141. The van der Waals surface area contributed by atoms with Gasteiger partial charge < -0.3 is 9.64 Å². The van der Waals surface area contributed by atoms with Crippen molar-refractivity contribution in [3.05, 3.63) is 0 Å². The summed E-state index contributed by atoms with van der Waals surface area (Å²) in [6, 6.07) is 0.845. The van der Waals surface area contributed by atoms with Crippen LogP contribution in [0.3, 0.4) is 0 Å². The largest absolute Gasteiger partial charge is 0.469 e. The number of piperazine rings is 1. The molecule has 0 aromatic rings. The molecular formula is C13H24N2O2. The summed E-state index contributed by atoms with van der Waals surface area (Å²) in [5.74, 6) is -0.0942. The van der Waals surface area contributed by atoms with E-state index in [0.29, 0.717) is 6.42 Å². The third-order valence-corrected chi connectivity index (χ3v) is 4.11. The summed E-state index contributed by atoms with van der Waals surface area (Å²) < 4.78 is 4.67. The van der Waals surface area contributed by atoms with E-state index in [9.17, 15) is 4.79 Å². The Labute approximate surface area is 104 Å². The molecule has 0 radical (unpaired) electrons. The van der Waals surface area contributed by atoms with Gasteiger partial charge in [0.2, 0.25) is 0 Å². The average molecular weight is 240 g/mol. The van der Waals surface area contributed by atoms with Gasteiger partial charge in [0.05, 0.1) is 13.5 Å². The van der Waals surface area contributed by atoms with E-state index in [2.05, 4.69) is 14.5 Å². The van der Waals surface area contributed by atoms with Crippen molar-refractivity contribution < 1.29 is 9.53 Å². The third kappa shape index (κ3) is 3.68. The minimum absolute atomic E-state index is 0.0942. The molecule has 0 aromatic heterocycles. The van der Waals surface area contributed by atoms with Gasteiger partial charge in [-0.15, -0.1) is 0 Å². The second-order valence-electron chi connectivity index (χ2n) is 5.14. The normalized spacial score (nSPS) is 24.1. The molecule has 0 atom stereocenters. The Hall–Kier alpha value is -0.610. The van der Waals surface area contributed by atoms with Crippen molar-refractivity contribution in [1.82, 2.24) is 9.80 Å². The number of methoxy groups -OCH3 is 1. The Balaban J connectivity index is 1.65. The summed E-state index contributed by atoms with van der Waals surface area (Å²) in [7, 11) is 1.46.